The molecule has 0 spiro atoms. The Hall–Kier alpha value is -0.410. The van der Waals surface area contributed by atoms with Gasteiger partial charge in [0.25, 0.3) is 0 Å². The van der Waals surface area contributed by atoms with Crippen molar-refractivity contribution >= 4 is 15.9 Å². The minimum absolute atomic E-state index is 0.00167. The van der Waals surface area contributed by atoms with Crippen molar-refractivity contribution in [2.45, 2.75) is 39.2 Å². The Bertz CT molecular complexity index is 337. The van der Waals surface area contributed by atoms with Crippen molar-refractivity contribution in [3.63, 3.8) is 0 Å². The van der Waals surface area contributed by atoms with Crippen LogP contribution in [0.5, 0.6) is 0 Å². The minimum Gasteiger partial charge on any atom is -0.324 e. The van der Waals surface area contributed by atoms with Crippen molar-refractivity contribution in [2.75, 3.05) is 0 Å². The number of hydrogen-bond acceptors (Lipinski definition) is 1. The van der Waals surface area contributed by atoms with Crippen molar-refractivity contribution in [3.8, 4) is 0 Å². The van der Waals surface area contributed by atoms with Gasteiger partial charge in [-0.2, -0.15) is 0 Å². The molecule has 0 heterocycles. The summed E-state index contributed by atoms with van der Waals surface area (Å²) in [5, 5.41) is 0. The monoisotopic (exact) mass is 287 g/mol. The fourth-order valence-corrected chi connectivity index (χ4v) is 2.26. The zero-order chi connectivity index (χ0) is 12.1. The molecule has 0 fully saturated rings. The van der Waals surface area contributed by atoms with Gasteiger partial charge in [0.15, 0.2) is 0 Å². The average Bonchev–Trinajstić information content (AvgIpc) is 2.29. The topological polar surface area (TPSA) is 26.0 Å². The predicted octanol–water partition coefficient (Wildman–Crippen LogP) is 4.41. The van der Waals surface area contributed by atoms with Gasteiger partial charge in [-0.05, 0) is 46.0 Å². The van der Waals surface area contributed by atoms with E-state index in [1.165, 1.54) is 6.07 Å². The second kappa shape index (κ2) is 6.36. The maximum atomic E-state index is 13.1. The largest absolute Gasteiger partial charge is 0.324 e. The molecule has 1 atom stereocenters. The van der Waals surface area contributed by atoms with Crippen LogP contribution < -0.4 is 5.73 Å². The van der Waals surface area contributed by atoms with E-state index >= 15 is 0 Å². The molecule has 0 saturated carbocycles. The molecular weight excluding hydrogens is 269 g/mol. The molecule has 0 aliphatic rings. The highest BCUT2D eigenvalue weighted by atomic mass is 79.9. The van der Waals surface area contributed by atoms with Gasteiger partial charge in [-0.25, -0.2) is 4.39 Å². The smallest absolute Gasteiger partial charge is 0.137 e. The highest BCUT2D eigenvalue weighted by Crippen LogP contribution is 2.26. The third-order valence-electron chi connectivity index (χ3n) is 3.11. The summed E-state index contributed by atoms with van der Waals surface area (Å²) in [4.78, 5) is 0. The van der Waals surface area contributed by atoms with E-state index in [1.807, 2.05) is 0 Å². The van der Waals surface area contributed by atoms with Crippen LogP contribution in [0.2, 0.25) is 0 Å². The van der Waals surface area contributed by atoms with E-state index in [1.54, 1.807) is 12.1 Å². The van der Waals surface area contributed by atoms with Crippen LogP contribution in [0.25, 0.3) is 0 Å². The number of rotatable bonds is 5. The van der Waals surface area contributed by atoms with Crippen LogP contribution in [0.1, 0.15) is 44.7 Å². The summed E-state index contributed by atoms with van der Waals surface area (Å²) < 4.78 is 13.6. The Morgan fingerprint density at radius 2 is 1.94 bits per heavy atom. The third kappa shape index (κ3) is 3.56. The summed E-state index contributed by atoms with van der Waals surface area (Å²) in [5.74, 6) is 0.414. The predicted molar refractivity (Wildman–Crippen MR) is 69.7 cm³/mol. The van der Waals surface area contributed by atoms with E-state index in [0.717, 1.165) is 24.8 Å². The van der Waals surface area contributed by atoms with E-state index in [9.17, 15) is 4.39 Å². The number of benzene rings is 1. The second-order valence-electron chi connectivity index (χ2n) is 4.20. The Morgan fingerprint density at radius 3 is 2.44 bits per heavy atom. The van der Waals surface area contributed by atoms with Gasteiger partial charge in [0.05, 0.1) is 4.47 Å². The van der Waals surface area contributed by atoms with Gasteiger partial charge in [0.1, 0.15) is 5.82 Å². The molecule has 1 aromatic rings. The standard InChI is InChI=1S/C13H19BrFN/c1-3-9(4-2)7-13(16)10-5-6-12(15)11(14)8-10/h5-6,8-9,13H,3-4,7,16H2,1-2H3. The quantitative estimate of drug-likeness (QED) is 0.853. The van der Waals surface area contributed by atoms with Crippen LogP contribution in [0.3, 0.4) is 0 Å². The first kappa shape index (κ1) is 13.7. The molecule has 1 nitrogen and oxygen atoms in total. The molecule has 2 N–H and O–H groups in total. The van der Waals surface area contributed by atoms with Gasteiger partial charge in [-0.15, -0.1) is 0 Å². The lowest BCUT2D eigenvalue weighted by atomic mass is 9.92. The average molecular weight is 288 g/mol. The van der Waals surface area contributed by atoms with Gasteiger partial charge < -0.3 is 5.73 Å². The molecule has 0 amide bonds. The van der Waals surface area contributed by atoms with Crippen molar-refractivity contribution in [2.24, 2.45) is 11.7 Å². The molecule has 0 radical (unpaired) electrons. The molecule has 0 aliphatic heterocycles. The van der Waals surface area contributed by atoms with Crippen molar-refractivity contribution in [1.82, 2.24) is 0 Å². The Kier molecular flexibility index (Phi) is 5.42. The maximum absolute atomic E-state index is 13.1. The van der Waals surface area contributed by atoms with Crippen LogP contribution in [0, 0.1) is 11.7 Å². The second-order valence-corrected chi connectivity index (χ2v) is 5.05. The van der Waals surface area contributed by atoms with Gasteiger partial charge in [-0.3, -0.25) is 0 Å². The number of nitrogens with two attached hydrogens (primary N) is 1. The van der Waals surface area contributed by atoms with Gasteiger partial charge >= 0.3 is 0 Å². The van der Waals surface area contributed by atoms with Crippen LogP contribution in [0.15, 0.2) is 22.7 Å². The molecule has 0 saturated heterocycles. The van der Waals surface area contributed by atoms with E-state index in [4.69, 9.17) is 5.73 Å². The summed E-state index contributed by atoms with van der Waals surface area (Å²) in [6, 6.07) is 5.02. The van der Waals surface area contributed by atoms with Gasteiger partial charge in [0, 0.05) is 6.04 Å². The van der Waals surface area contributed by atoms with Crippen LogP contribution in [0.4, 0.5) is 4.39 Å². The highest BCUT2D eigenvalue weighted by Gasteiger charge is 2.13. The molecule has 16 heavy (non-hydrogen) atoms. The first-order valence-electron chi connectivity index (χ1n) is 5.79. The molecule has 1 unspecified atom stereocenters. The lowest BCUT2D eigenvalue weighted by molar-refractivity contribution is 0.414. The molecule has 1 rings (SSSR count). The SMILES string of the molecule is CCC(CC)CC(N)c1ccc(F)c(Br)c1. The Morgan fingerprint density at radius 1 is 1.31 bits per heavy atom. The molecule has 90 valence electrons. The van der Waals surface area contributed by atoms with E-state index in [-0.39, 0.29) is 11.9 Å². The van der Waals surface area contributed by atoms with E-state index < -0.39 is 0 Å². The summed E-state index contributed by atoms with van der Waals surface area (Å²) in [7, 11) is 0. The molecule has 1 aromatic carbocycles. The van der Waals surface area contributed by atoms with E-state index in [0.29, 0.717) is 10.4 Å². The third-order valence-corrected chi connectivity index (χ3v) is 3.72. The molecule has 0 aliphatic carbocycles. The normalized spacial score (nSPS) is 13.1. The fourth-order valence-electron chi connectivity index (χ4n) is 1.86. The zero-order valence-electron chi connectivity index (χ0n) is 9.84. The summed E-state index contributed by atoms with van der Waals surface area (Å²) in [5.41, 5.74) is 7.12. The number of hydrogen-bond donors (Lipinski definition) is 1. The maximum Gasteiger partial charge on any atom is 0.137 e. The van der Waals surface area contributed by atoms with Crippen molar-refractivity contribution in [1.29, 1.82) is 0 Å². The molecule has 0 aromatic heterocycles. The van der Waals surface area contributed by atoms with Crippen LogP contribution >= 0.6 is 15.9 Å². The fraction of sp³-hybridized carbons (Fsp3) is 0.538. The lowest BCUT2D eigenvalue weighted by Crippen LogP contribution is -2.15. The summed E-state index contributed by atoms with van der Waals surface area (Å²) in [6.45, 7) is 4.36. The molecule has 0 bridgehead atoms. The summed E-state index contributed by atoms with van der Waals surface area (Å²) >= 11 is 3.18. The van der Waals surface area contributed by atoms with Crippen molar-refractivity contribution in [3.05, 3.63) is 34.1 Å². The van der Waals surface area contributed by atoms with Crippen molar-refractivity contribution < 1.29 is 4.39 Å². The highest BCUT2D eigenvalue weighted by molar-refractivity contribution is 9.10. The lowest BCUT2D eigenvalue weighted by Gasteiger charge is -2.18. The zero-order valence-corrected chi connectivity index (χ0v) is 11.4. The first-order valence-corrected chi connectivity index (χ1v) is 6.58. The molecule has 3 heteroatoms. The Labute approximate surface area is 105 Å². The van der Waals surface area contributed by atoms with E-state index in [2.05, 4.69) is 29.8 Å². The number of halogens is 2. The first-order chi connectivity index (χ1) is 7.58. The van der Waals surface area contributed by atoms with Crippen LogP contribution in [-0.4, -0.2) is 0 Å². The van der Waals surface area contributed by atoms with Gasteiger partial charge in [-0.1, -0.05) is 32.8 Å². The molecular formula is C13H19BrFN. The Balaban J connectivity index is 2.72. The van der Waals surface area contributed by atoms with Gasteiger partial charge in [0.2, 0.25) is 0 Å². The van der Waals surface area contributed by atoms with Crippen LogP contribution in [-0.2, 0) is 0 Å². The summed E-state index contributed by atoms with van der Waals surface area (Å²) in [6.07, 6.45) is 3.25. The minimum atomic E-state index is -0.238.